The summed E-state index contributed by atoms with van der Waals surface area (Å²) in [5.74, 6) is 2.25. The number of aryl methyl sites for hydroxylation is 3. The molecule has 0 spiro atoms. The highest BCUT2D eigenvalue weighted by Gasteiger charge is 2.24. The van der Waals surface area contributed by atoms with Gasteiger partial charge >= 0.3 is 0 Å². The summed E-state index contributed by atoms with van der Waals surface area (Å²) in [6, 6.07) is 12.9. The zero-order valence-electron chi connectivity index (χ0n) is 20.3. The minimum absolute atomic E-state index is 0.121. The molecular weight excluding hydrogens is 438 g/mol. The first-order chi connectivity index (χ1) is 17.1. The lowest BCUT2D eigenvalue weighted by atomic mass is 9.85. The number of methoxy groups -OCH3 is 1. The van der Waals surface area contributed by atoms with Crippen LogP contribution in [0.5, 0.6) is 11.5 Å². The Kier molecular flexibility index (Phi) is 6.98. The number of amides is 1. The van der Waals surface area contributed by atoms with Gasteiger partial charge in [-0.05, 0) is 73.1 Å². The van der Waals surface area contributed by atoms with Crippen LogP contribution in [0.25, 0.3) is 11.3 Å². The Balaban J connectivity index is 1.42. The number of phenols is 1. The van der Waals surface area contributed by atoms with Gasteiger partial charge in [0, 0.05) is 5.56 Å². The van der Waals surface area contributed by atoms with Gasteiger partial charge in [0.15, 0.2) is 5.82 Å². The maximum Gasteiger partial charge on any atom is 0.229 e. The van der Waals surface area contributed by atoms with Gasteiger partial charge in [-0.1, -0.05) is 44.2 Å². The number of hydrogen-bond donors (Lipinski definition) is 2. The summed E-state index contributed by atoms with van der Waals surface area (Å²) in [6.45, 7) is 0. The van der Waals surface area contributed by atoms with Gasteiger partial charge in [0.05, 0.1) is 30.6 Å². The van der Waals surface area contributed by atoms with Crippen LogP contribution in [-0.4, -0.2) is 28.1 Å². The summed E-state index contributed by atoms with van der Waals surface area (Å²) in [5, 5.41) is 12.6. The number of rotatable bonds is 7. The van der Waals surface area contributed by atoms with Crippen molar-refractivity contribution < 1.29 is 14.6 Å². The normalized spacial score (nSPS) is 15.2. The van der Waals surface area contributed by atoms with E-state index in [0.29, 0.717) is 5.82 Å². The number of anilines is 1. The maximum atomic E-state index is 12.9. The van der Waals surface area contributed by atoms with Gasteiger partial charge in [0.2, 0.25) is 5.91 Å². The van der Waals surface area contributed by atoms with Crippen LogP contribution >= 0.6 is 0 Å². The smallest absolute Gasteiger partial charge is 0.229 e. The molecule has 6 heteroatoms. The summed E-state index contributed by atoms with van der Waals surface area (Å²) in [7, 11) is 1.69. The van der Waals surface area contributed by atoms with Crippen molar-refractivity contribution in [2.45, 2.75) is 64.2 Å². The van der Waals surface area contributed by atoms with Crippen molar-refractivity contribution in [3.05, 3.63) is 65.0 Å². The van der Waals surface area contributed by atoms with Crippen molar-refractivity contribution in [2.24, 2.45) is 5.92 Å². The molecule has 1 fully saturated rings. The van der Waals surface area contributed by atoms with Crippen LogP contribution in [0.3, 0.4) is 0 Å². The molecule has 6 nitrogen and oxygen atoms in total. The van der Waals surface area contributed by atoms with Crippen molar-refractivity contribution in [3.8, 4) is 22.8 Å². The fraction of sp³-hybridized carbons (Fsp3) is 0.414. The number of aromatic hydroxyl groups is 1. The quantitative estimate of drug-likeness (QED) is 0.465. The topological polar surface area (TPSA) is 84.3 Å². The number of phenolic OH excluding ortho intramolecular Hbond substituents is 1. The molecule has 182 valence electrons. The molecule has 2 aliphatic rings. The second-order valence-corrected chi connectivity index (χ2v) is 9.77. The van der Waals surface area contributed by atoms with Gasteiger partial charge in [0.1, 0.15) is 11.5 Å². The first-order valence-corrected chi connectivity index (χ1v) is 12.7. The Morgan fingerprint density at radius 1 is 1.06 bits per heavy atom. The van der Waals surface area contributed by atoms with E-state index in [4.69, 9.17) is 14.7 Å². The van der Waals surface area contributed by atoms with Crippen molar-refractivity contribution in [1.82, 2.24) is 9.97 Å². The fourth-order valence-electron chi connectivity index (χ4n) is 5.35. The van der Waals surface area contributed by atoms with Gasteiger partial charge in [0.25, 0.3) is 0 Å². The van der Waals surface area contributed by atoms with Crippen LogP contribution in [0.15, 0.2) is 42.5 Å². The third-order valence-electron chi connectivity index (χ3n) is 7.31. The molecule has 1 heterocycles. The predicted molar refractivity (Wildman–Crippen MR) is 137 cm³/mol. The highest BCUT2D eigenvalue weighted by molar-refractivity contribution is 5.92. The second kappa shape index (κ2) is 10.5. The van der Waals surface area contributed by atoms with E-state index in [1.807, 2.05) is 6.07 Å². The number of ether oxygens (including phenoxy) is 1. The first-order valence-electron chi connectivity index (χ1n) is 12.7. The van der Waals surface area contributed by atoms with Gasteiger partial charge in [-0.15, -0.1) is 0 Å². The molecule has 0 aliphatic heterocycles. The molecule has 1 aromatic heterocycles. The summed E-state index contributed by atoms with van der Waals surface area (Å²) in [6.07, 6.45) is 10.3. The van der Waals surface area contributed by atoms with Crippen LogP contribution in [0.4, 0.5) is 5.82 Å². The number of nitrogens with one attached hydrogen (secondary N) is 1. The molecule has 0 unspecified atom stereocenters. The molecule has 2 N–H and O–H groups in total. The zero-order chi connectivity index (χ0) is 24.2. The summed E-state index contributed by atoms with van der Waals surface area (Å²) in [4.78, 5) is 23.0. The molecule has 3 aromatic rings. The third-order valence-corrected chi connectivity index (χ3v) is 7.31. The lowest BCUT2D eigenvalue weighted by molar-refractivity contribution is -0.115. The average Bonchev–Trinajstić information content (AvgIpc) is 2.89. The Labute approximate surface area is 206 Å². The molecular formula is C29H33N3O3. The number of benzene rings is 2. The first kappa shape index (κ1) is 23.3. The second-order valence-electron chi connectivity index (χ2n) is 9.77. The molecule has 2 aliphatic carbocycles. The zero-order valence-corrected chi connectivity index (χ0v) is 20.3. The number of carbonyl (C=O) groups excluding carboxylic acids is 1. The molecule has 1 amide bonds. The van der Waals surface area contributed by atoms with Crippen LogP contribution in [0.2, 0.25) is 0 Å². The van der Waals surface area contributed by atoms with Gasteiger partial charge < -0.3 is 15.2 Å². The van der Waals surface area contributed by atoms with E-state index in [1.54, 1.807) is 31.4 Å². The summed E-state index contributed by atoms with van der Waals surface area (Å²) in [5.41, 5.74) is 5.93. The maximum absolute atomic E-state index is 12.9. The predicted octanol–water partition coefficient (Wildman–Crippen LogP) is 5.65. The number of hydrogen-bond acceptors (Lipinski definition) is 5. The molecule has 5 rings (SSSR count). The van der Waals surface area contributed by atoms with E-state index in [1.165, 1.54) is 37.7 Å². The van der Waals surface area contributed by atoms with E-state index >= 15 is 0 Å². The van der Waals surface area contributed by atoms with Gasteiger partial charge in [-0.3, -0.25) is 4.79 Å². The minimum Gasteiger partial charge on any atom is -0.508 e. The molecule has 0 saturated heterocycles. The number of nitrogens with zero attached hydrogens (tertiary/aromatic N) is 2. The number of carbonyl (C=O) groups is 1. The Morgan fingerprint density at radius 3 is 2.63 bits per heavy atom. The number of aromatic nitrogens is 2. The lowest BCUT2D eigenvalue weighted by Crippen LogP contribution is -2.20. The van der Waals surface area contributed by atoms with Gasteiger partial charge in [-0.2, -0.15) is 0 Å². The van der Waals surface area contributed by atoms with E-state index in [0.717, 1.165) is 65.6 Å². The van der Waals surface area contributed by atoms with E-state index in [2.05, 4.69) is 17.4 Å². The minimum atomic E-state index is -0.121. The van der Waals surface area contributed by atoms with Crippen molar-refractivity contribution in [2.75, 3.05) is 12.4 Å². The Morgan fingerprint density at radius 2 is 1.86 bits per heavy atom. The SMILES string of the molecule is COc1ccc2c(c1)CCc1nc(NC(=O)Cc3ccc(O)cc3)c(CCC3CCCCC3)nc1-2. The van der Waals surface area contributed by atoms with E-state index in [-0.39, 0.29) is 18.1 Å². The molecule has 35 heavy (non-hydrogen) atoms. The largest absolute Gasteiger partial charge is 0.508 e. The lowest BCUT2D eigenvalue weighted by Gasteiger charge is -2.23. The third kappa shape index (κ3) is 5.47. The van der Waals surface area contributed by atoms with Crippen LogP contribution < -0.4 is 10.1 Å². The van der Waals surface area contributed by atoms with Crippen LogP contribution in [-0.2, 0) is 30.5 Å². The highest BCUT2D eigenvalue weighted by Crippen LogP contribution is 2.36. The van der Waals surface area contributed by atoms with Crippen LogP contribution in [0, 0.1) is 5.92 Å². The molecule has 1 saturated carbocycles. The Hall–Kier alpha value is -3.41. The average molecular weight is 472 g/mol. The summed E-state index contributed by atoms with van der Waals surface area (Å²) < 4.78 is 5.42. The molecule has 0 radical (unpaired) electrons. The van der Waals surface area contributed by atoms with Crippen molar-refractivity contribution in [3.63, 3.8) is 0 Å². The monoisotopic (exact) mass is 471 g/mol. The van der Waals surface area contributed by atoms with E-state index < -0.39 is 0 Å². The van der Waals surface area contributed by atoms with E-state index in [9.17, 15) is 9.90 Å². The Bertz CT molecular complexity index is 1200. The molecule has 0 bridgehead atoms. The van der Waals surface area contributed by atoms with Crippen molar-refractivity contribution in [1.29, 1.82) is 0 Å². The van der Waals surface area contributed by atoms with Crippen molar-refractivity contribution >= 4 is 11.7 Å². The number of fused-ring (bicyclic) bond motifs is 3. The fourth-order valence-corrected chi connectivity index (χ4v) is 5.35. The highest BCUT2D eigenvalue weighted by atomic mass is 16.5. The van der Waals surface area contributed by atoms with Crippen LogP contribution in [0.1, 0.15) is 61.0 Å². The molecule has 2 aromatic carbocycles. The van der Waals surface area contributed by atoms with Gasteiger partial charge in [-0.25, -0.2) is 9.97 Å². The molecule has 0 atom stereocenters. The standard InChI is InChI=1S/C29H33N3O3/c1-35-23-13-14-24-21(18-23)10-16-25-28(24)30-26(15-9-19-5-3-2-4-6-19)29(31-25)32-27(34)17-20-7-11-22(33)12-8-20/h7-8,11-14,18-19,33H,2-6,9-10,15-17H2,1H3,(H,31,32,34). The summed E-state index contributed by atoms with van der Waals surface area (Å²) >= 11 is 0.